The normalized spacial score (nSPS) is 15.3. The Balaban J connectivity index is 1.68. The number of piperazine rings is 1. The Bertz CT molecular complexity index is 632. The first-order valence-electron chi connectivity index (χ1n) is 7.22. The van der Waals surface area contributed by atoms with Crippen LogP contribution in [0.5, 0.6) is 0 Å². The molecule has 0 radical (unpaired) electrons. The van der Waals surface area contributed by atoms with Crippen LogP contribution in [0.25, 0.3) is 0 Å². The van der Waals surface area contributed by atoms with Gasteiger partial charge in [-0.05, 0) is 36.8 Å². The second-order valence-corrected chi connectivity index (χ2v) is 5.46. The number of nitrogens with zero attached hydrogens (tertiary/aromatic N) is 3. The first-order valence-corrected chi connectivity index (χ1v) is 7.22. The van der Waals surface area contributed by atoms with Crippen LogP contribution >= 0.6 is 0 Å². The quantitative estimate of drug-likeness (QED) is 0.880. The highest BCUT2D eigenvalue weighted by Gasteiger charge is 2.18. The van der Waals surface area contributed by atoms with Crippen molar-refractivity contribution in [2.75, 3.05) is 47.4 Å². The molecule has 1 aliphatic rings. The fourth-order valence-electron chi connectivity index (χ4n) is 2.67. The van der Waals surface area contributed by atoms with E-state index in [-0.39, 0.29) is 0 Å². The number of aryl methyl sites for hydroxylation is 1. The van der Waals surface area contributed by atoms with Crippen LogP contribution in [0.2, 0.25) is 0 Å². The molecule has 1 aromatic heterocycles. The van der Waals surface area contributed by atoms with Crippen molar-refractivity contribution in [2.45, 2.75) is 6.92 Å². The van der Waals surface area contributed by atoms with Crippen molar-refractivity contribution in [2.24, 2.45) is 0 Å². The summed E-state index contributed by atoms with van der Waals surface area (Å²) >= 11 is 0. The van der Waals surface area contributed by atoms with E-state index in [9.17, 15) is 0 Å². The van der Waals surface area contributed by atoms with E-state index >= 15 is 0 Å². The van der Waals surface area contributed by atoms with Crippen LogP contribution in [-0.4, -0.2) is 31.2 Å². The molecule has 3 rings (SSSR count). The number of benzene rings is 1. The third kappa shape index (κ3) is 2.86. The van der Waals surface area contributed by atoms with Gasteiger partial charge in [0.25, 0.3) is 0 Å². The molecule has 0 amide bonds. The topological polar surface area (TPSA) is 71.4 Å². The first kappa shape index (κ1) is 13.5. The van der Waals surface area contributed by atoms with Gasteiger partial charge in [0.05, 0.1) is 5.69 Å². The van der Waals surface area contributed by atoms with E-state index in [0.717, 1.165) is 32.0 Å². The maximum Gasteiger partial charge on any atom is 0.149 e. The maximum atomic E-state index is 5.79. The second kappa shape index (κ2) is 5.52. The molecule has 5 heteroatoms. The van der Waals surface area contributed by atoms with Gasteiger partial charge in [0.2, 0.25) is 0 Å². The predicted octanol–water partition coefficient (Wildman–Crippen LogP) is 1.88. The average molecular weight is 283 g/mol. The van der Waals surface area contributed by atoms with Gasteiger partial charge in [-0.25, -0.2) is 4.98 Å². The van der Waals surface area contributed by atoms with Gasteiger partial charge in [-0.3, -0.25) is 0 Å². The van der Waals surface area contributed by atoms with Gasteiger partial charge in [0.15, 0.2) is 0 Å². The van der Waals surface area contributed by atoms with Crippen molar-refractivity contribution in [1.29, 1.82) is 0 Å². The highest BCUT2D eigenvalue weighted by atomic mass is 15.3. The minimum absolute atomic E-state index is 0.411. The summed E-state index contributed by atoms with van der Waals surface area (Å²) < 4.78 is 0. The van der Waals surface area contributed by atoms with Crippen LogP contribution in [0.4, 0.5) is 23.0 Å². The van der Waals surface area contributed by atoms with E-state index in [2.05, 4.69) is 46.0 Å². The summed E-state index contributed by atoms with van der Waals surface area (Å²) in [6, 6.07) is 12.4. The van der Waals surface area contributed by atoms with Crippen molar-refractivity contribution in [1.82, 2.24) is 4.98 Å². The third-order valence-electron chi connectivity index (χ3n) is 3.91. The Kier molecular flexibility index (Phi) is 3.56. The number of hydrogen-bond acceptors (Lipinski definition) is 5. The van der Waals surface area contributed by atoms with Crippen molar-refractivity contribution >= 4 is 23.0 Å². The van der Waals surface area contributed by atoms with Crippen molar-refractivity contribution < 1.29 is 0 Å². The monoisotopic (exact) mass is 283 g/mol. The molecule has 0 saturated carbocycles. The molecule has 2 aromatic rings. The number of anilines is 4. The fraction of sp³-hybridized carbons (Fsp3) is 0.312. The summed E-state index contributed by atoms with van der Waals surface area (Å²) in [6.45, 7) is 5.96. The van der Waals surface area contributed by atoms with E-state index in [1.165, 1.54) is 11.3 Å². The number of aromatic nitrogens is 1. The van der Waals surface area contributed by atoms with Crippen LogP contribution in [-0.2, 0) is 0 Å². The fourth-order valence-corrected chi connectivity index (χ4v) is 2.67. The van der Waals surface area contributed by atoms with E-state index in [1.807, 2.05) is 12.1 Å². The zero-order chi connectivity index (χ0) is 14.8. The predicted molar refractivity (Wildman–Crippen MR) is 88.7 cm³/mol. The Labute approximate surface area is 125 Å². The molecule has 4 N–H and O–H groups in total. The van der Waals surface area contributed by atoms with Gasteiger partial charge in [0.1, 0.15) is 11.6 Å². The molecule has 1 aromatic carbocycles. The van der Waals surface area contributed by atoms with E-state index in [0.29, 0.717) is 11.5 Å². The molecule has 0 atom stereocenters. The molecule has 21 heavy (non-hydrogen) atoms. The summed E-state index contributed by atoms with van der Waals surface area (Å²) in [4.78, 5) is 9.03. The molecule has 0 unspecified atom stereocenters. The number of nitrogen functional groups attached to an aromatic ring is 2. The van der Waals surface area contributed by atoms with Gasteiger partial charge >= 0.3 is 0 Å². The number of pyridine rings is 1. The van der Waals surface area contributed by atoms with Crippen LogP contribution in [0, 0.1) is 6.92 Å². The molecule has 1 fully saturated rings. The van der Waals surface area contributed by atoms with Crippen LogP contribution in [0.1, 0.15) is 5.56 Å². The third-order valence-corrected chi connectivity index (χ3v) is 3.91. The Morgan fingerprint density at radius 3 is 2.33 bits per heavy atom. The lowest BCUT2D eigenvalue weighted by Crippen LogP contribution is -2.46. The van der Waals surface area contributed by atoms with Gasteiger partial charge in [0, 0.05) is 31.9 Å². The van der Waals surface area contributed by atoms with Gasteiger partial charge in [-0.15, -0.1) is 0 Å². The average Bonchev–Trinajstić information content (AvgIpc) is 2.50. The van der Waals surface area contributed by atoms with Crippen LogP contribution in [0.3, 0.4) is 0 Å². The minimum atomic E-state index is 0.411. The van der Waals surface area contributed by atoms with Gasteiger partial charge < -0.3 is 21.3 Å². The number of rotatable bonds is 2. The summed E-state index contributed by atoms with van der Waals surface area (Å²) in [5.74, 6) is 1.32. The molecule has 0 aliphatic carbocycles. The van der Waals surface area contributed by atoms with Crippen molar-refractivity contribution in [3.63, 3.8) is 0 Å². The first-order chi connectivity index (χ1) is 10.1. The summed E-state index contributed by atoms with van der Waals surface area (Å²) in [6.07, 6.45) is 0. The number of hydrogen-bond donors (Lipinski definition) is 2. The summed E-state index contributed by atoms with van der Waals surface area (Å²) in [7, 11) is 0. The zero-order valence-corrected chi connectivity index (χ0v) is 12.3. The lowest BCUT2D eigenvalue weighted by atomic mass is 10.2. The van der Waals surface area contributed by atoms with Crippen molar-refractivity contribution in [3.8, 4) is 0 Å². The molecule has 0 bridgehead atoms. The molecule has 110 valence electrons. The SMILES string of the molecule is Cc1cccc(N2CCN(c3ccc(N)c(N)n3)CC2)c1. The van der Waals surface area contributed by atoms with Gasteiger partial charge in [-0.1, -0.05) is 12.1 Å². The maximum absolute atomic E-state index is 5.79. The lowest BCUT2D eigenvalue weighted by molar-refractivity contribution is 0.648. The molecular weight excluding hydrogens is 262 g/mol. The Morgan fingerprint density at radius 1 is 0.952 bits per heavy atom. The molecule has 2 heterocycles. The largest absolute Gasteiger partial charge is 0.396 e. The highest BCUT2D eigenvalue weighted by Crippen LogP contribution is 2.22. The van der Waals surface area contributed by atoms with Gasteiger partial charge in [-0.2, -0.15) is 0 Å². The molecule has 1 aliphatic heterocycles. The standard InChI is InChI=1S/C16H21N5/c1-12-3-2-4-13(11-12)20-7-9-21(10-8-20)15-6-5-14(17)16(18)19-15/h2-6,11H,7-10,17H2,1H3,(H2,18,19). The molecule has 5 nitrogen and oxygen atoms in total. The summed E-state index contributed by atoms with van der Waals surface area (Å²) in [5, 5.41) is 0. The lowest BCUT2D eigenvalue weighted by Gasteiger charge is -2.37. The Morgan fingerprint density at radius 2 is 1.67 bits per heavy atom. The zero-order valence-electron chi connectivity index (χ0n) is 12.3. The van der Waals surface area contributed by atoms with E-state index in [4.69, 9.17) is 11.5 Å². The van der Waals surface area contributed by atoms with Crippen molar-refractivity contribution in [3.05, 3.63) is 42.0 Å². The molecule has 1 saturated heterocycles. The van der Waals surface area contributed by atoms with E-state index in [1.54, 1.807) is 0 Å². The molecule has 0 spiro atoms. The van der Waals surface area contributed by atoms with Crippen LogP contribution < -0.4 is 21.3 Å². The summed E-state index contributed by atoms with van der Waals surface area (Å²) in [5.41, 5.74) is 14.6. The van der Waals surface area contributed by atoms with E-state index < -0.39 is 0 Å². The number of nitrogens with two attached hydrogens (primary N) is 2. The minimum Gasteiger partial charge on any atom is -0.396 e. The molecular formula is C16H21N5. The Hall–Kier alpha value is -2.43. The van der Waals surface area contributed by atoms with Crippen LogP contribution in [0.15, 0.2) is 36.4 Å². The highest BCUT2D eigenvalue weighted by molar-refractivity contribution is 5.62. The smallest absolute Gasteiger partial charge is 0.149 e. The second-order valence-electron chi connectivity index (χ2n) is 5.46.